The number of hydrogen-bond donors (Lipinski definition) is 0. The van der Waals surface area contributed by atoms with Gasteiger partial charge in [0.2, 0.25) is 5.91 Å². The zero-order valence-corrected chi connectivity index (χ0v) is 11.9. The van der Waals surface area contributed by atoms with Crippen molar-refractivity contribution in [3.8, 4) is 5.75 Å². The first kappa shape index (κ1) is 13.6. The van der Waals surface area contributed by atoms with E-state index < -0.39 is 0 Å². The number of halogens is 1. The molecule has 0 bridgehead atoms. The van der Waals surface area contributed by atoms with Crippen molar-refractivity contribution in [2.75, 3.05) is 12.0 Å². The first-order valence-electron chi connectivity index (χ1n) is 6.84. The monoisotopic (exact) mass is 285 g/mol. The lowest BCUT2D eigenvalue weighted by Gasteiger charge is -2.46. The number of ether oxygens (including phenoxy) is 1. The molecular weight excluding hydrogens is 269 g/mol. The summed E-state index contributed by atoms with van der Waals surface area (Å²) in [6.07, 6.45) is 0. The van der Waals surface area contributed by atoms with E-state index >= 15 is 0 Å². The van der Waals surface area contributed by atoms with E-state index in [0.29, 0.717) is 0 Å². The number of nitrogens with zero attached hydrogens (tertiary/aromatic N) is 1. The van der Waals surface area contributed by atoms with Crippen LogP contribution in [0.5, 0.6) is 5.75 Å². The van der Waals surface area contributed by atoms with Gasteiger partial charge in [0.25, 0.3) is 0 Å². The van der Waals surface area contributed by atoms with Gasteiger partial charge >= 0.3 is 0 Å². The Morgan fingerprint density at radius 2 is 1.67 bits per heavy atom. The number of anilines is 1. The third-order valence-corrected chi connectivity index (χ3v) is 3.94. The molecule has 0 saturated carbocycles. The van der Waals surface area contributed by atoms with E-state index in [2.05, 4.69) is 0 Å². The highest BCUT2D eigenvalue weighted by Gasteiger charge is 2.45. The predicted octanol–water partition coefficient (Wildman–Crippen LogP) is 3.56. The fourth-order valence-electron chi connectivity index (χ4n) is 2.76. The molecule has 1 aliphatic heterocycles. The quantitative estimate of drug-likeness (QED) is 0.807. The molecule has 0 radical (unpaired) electrons. The first-order chi connectivity index (χ1) is 10.1. The summed E-state index contributed by atoms with van der Waals surface area (Å²) in [5, 5.41) is 0. The van der Waals surface area contributed by atoms with Crippen LogP contribution in [-0.4, -0.2) is 13.0 Å². The zero-order chi connectivity index (χ0) is 15.0. The molecular formula is C17H16FNO2. The fraction of sp³-hybridized carbons (Fsp3) is 0.235. The summed E-state index contributed by atoms with van der Waals surface area (Å²) in [7, 11) is 1.60. The molecule has 3 nitrogen and oxygen atoms in total. The minimum Gasteiger partial charge on any atom is -0.497 e. The zero-order valence-electron chi connectivity index (χ0n) is 11.9. The summed E-state index contributed by atoms with van der Waals surface area (Å²) in [4.78, 5) is 13.9. The third-order valence-electron chi connectivity index (χ3n) is 3.94. The average molecular weight is 285 g/mol. The number of β-lactam (4-membered cyclic amide) rings is 1. The van der Waals surface area contributed by atoms with Crippen LogP contribution in [0.1, 0.15) is 18.5 Å². The molecule has 0 N–H and O–H groups in total. The molecule has 0 spiro atoms. The summed E-state index contributed by atoms with van der Waals surface area (Å²) in [6, 6.07) is 13.7. The number of methoxy groups -OCH3 is 1. The van der Waals surface area contributed by atoms with E-state index in [1.807, 2.05) is 31.2 Å². The van der Waals surface area contributed by atoms with Gasteiger partial charge in [0.1, 0.15) is 11.6 Å². The number of carbonyl (C=O) groups excluding carboxylic acids is 1. The molecule has 4 heteroatoms. The molecule has 2 aromatic carbocycles. The summed E-state index contributed by atoms with van der Waals surface area (Å²) in [5.41, 5.74) is 1.77. The number of amides is 1. The van der Waals surface area contributed by atoms with Crippen molar-refractivity contribution < 1.29 is 13.9 Å². The average Bonchev–Trinajstić information content (AvgIpc) is 2.53. The van der Waals surface area contributed by atoms with Gasteiger partial charge in [-0.1, -0.05) is 19.1 Å². The molecule has 21 heavy (non-hydrogen) atoms. The van der Waals surface area contributed by atoms with Gasteiger partial charge in [-0.2, -0.15) is 0 Å². The molecule has 1 aliphatic rings. The van der Waals surface area contributed by atoms with Gasteiger partial charge in [0, 0.05) is 5.69 Å². The van der Waals surface area contributed by atoms with Crippen LogP contribution in [0.25, 0.3) is 0 Å². The van der Waals surface area contributed by atoms with Gasteiger partial charge in [-0.15, -0.1) is 0 Å². The van der Waals surface area contributed by atoms with E-state index in [-0.39, 0.29) is 23.7 Å². The van der Waals surface area contributed by atoms with Crippen LogP contribution in [0.3, 0.4) is 0 Å². The largest absolute Gasteiger partial charge is 0.497 e. The van der Waals surface area contributed by atoms with Crippen LogP contribution in [0, 0.1) is 11.7 Å². The highest BCUT2D eigenvalue weighted by molar-refractivity contribution is 6.03. The summed E-state index contributed by atoms with van der Waals surface area (Å²) in [6.45, 7) is 1.90. The van der Waals surface area contributed by atoms with Crippen molar-refractivity contribution in [1.82, 2.24) is 0 Å². The van der Waals surface area contributed by atoms with Crippen molar-refractivity contribution in [2.45, 2.75) is 13.0 Å². The van der Waals surface area contributed by atoms with E-state index in [4.69, 9.17) is 4.74 Å². The summed E-state index contributed by atoms with van der Waals surface area (Å²) < 4.78 is 18.2. The molecule has 3 rings (SSSR count). The molecule has 1 fully saturated rings. The Morgan fingerprint density at radius 1 is 1.05 bits per heavy atom. The lowest BCUT2D eigenvalue weighted by Crippen LogP contribution is -2.54. The Labute approximate surface area is 123 Å². The van der Waals surface area contributed by atoms with Crippen LogP contribution in [0.4, 0.5) is 10.1 Å². The minimum absolute atomic E-state index is 0.0495. The van der Waals surface area contributed by atoms with Crippen LogP contribution in [-0.2, 0) is 4.79 Å². The van der Waals surface area contributed by atoms with E-state index in [0.717, 1.165) is 17.0 Å². The number of hydrogen-bond acceptors (Lipinski definition) is 2. The van der Waals surface area contributed by atoms with Crippen molar-refractivity contribution in [2.24, 2.45) is 5.92 Å². The Bertz CT molecular complexity index is 651. The second-order valence-electron chi connectivity index (χ2n) is 5.19. The SMILES string of the molecule is COc1ccc(N2C(=O)[C@@H](C)[C@@H]2c2ccc(F)cc2)cc1. The predicted molar refractivity (Wildman–Crippen MR) is 78.8 cm³/mol. The van der Waals surface area contributed by atoms with Crippen molar-refractivity contribution in [1.29, 1.82) is 0 Å². The second-order valence-corrected chi connectivity index (χ2v) is 5.19. The van der Waals surface area contributed by atoms with Crippen LogP contribution in [0.2, 0.25) is 0 Å². The smallest absolute Gasteiger partial charge is 0.232 e. The van der Waals surface area contributed by atoms with E-state index in [1.165, 1.54) is 12.1 Å². The molecule has 108 valence electrons. The maximum Gasteiger partial charge on any atom is 0.232 e. The Morgan fingerprint density at radius 3 is 2.24 bits per heavy atom. The van der Waals surface area contributed by atoms with Crippen molar-refractivity contribution in [3.05, 3.63) is 59.9 Å². The van der Waals surface area contributed by atoms with Gasteiger partial charge < -0.3 is 9.64 Å². The molecule has 1 amide bonds. The molecule has 2 aromatic rings. The fourth-order valence-corrected chi connectivity index (χ4v) is 2.76. The van der Waals surface area contributed by atoms with E-state index in [1.54, 1.807) is 24.1 Å². The number of rotatable bonds is 3. The van der Waals surface area contributed by atoms with Gasteiger partial charge in [0.15, 0.2) is 0 Å². The van der Waals surface area contributed by atoms with E-state index in [9.17, 15) is 9.18 Å². The Balaban J connectivity index is 1.92. The van der Waals surface area contributed by atoms with Crippen LogP contribution < -0.4 is 9.64 Å². The van der Waals surface area contributed by atoms with Gasteiger partial charge in [-0.05, 0) is 42.0 Å². The lowest BCUT2D eigenvalue weighted by atomic mass is 9.83. The molecule has 0 unspecified atom stereocenters. The van der Waals surface area contributed by atoms with Gasteiger partial charge in [-0.25, -0.2) is 4.39 Å². The molecule has 2 atom stereocenters. The lowest BCUT2D eigenvalue weighted by molar-refractivity contribution is -0.129. The van der Waals surface area contributed by atoms with Crippen molar-refractivity contribution >= 4 is 11.6 Å². The molecule has 0 aliphatic carbocycles. The Hall–Kier alpha value is -2.36. The maximum absolute atomic E-state index is 13.1. The third kappa shape index (κ3) is 2.27. The molecule has 0 aromatic heterocycles. The summed E-state index contributed by atoms with van der Waals surface area (Å²) >= 11 is 0. The van der Waals surface area contributed by atoms with Gasteiger partial charge in [-0.3, -0.25) is 4.79 Å². The van der Waals surface area contributed by atoms with Gasteiger partial charge in [0.05, 0.1) is 19.1 Å². The normalized spacial score (nSPS) is 21.1. The van der Waals surface area contributed by atoms with Crippen LogP contribution >= 0.6 is 0 Å². The highest BCUT2D eigenvalue weighted by Crippen LogP contribution is 2.43. The second kappa shape index (κ2) is 5.20. The molecule has 1 heterocycles. The highest BCUT2D eigenvalue weighted by atomic mass is 19.1. The number of carbonyl (C=O) groups is 1. The Kier molecular flexibility index (Phi) is 3.37. The standard InChI is InChI=1S/C17H16FNO2/c1-11-16(12-3-5-13(18)6-4-12)19(17(11)20)14-7-9-15(21-2)10-8-14/h3-11,16H,1-2H3/t11-,16+/m0/s1. The maximum atomic E-state index is 13.1. The minimum atomic E-state index is -0.270. The summed E-state index contributed by atoms with van der Waals surface area (Å²) in [5.74, 6) is 0.457. The first-order valence-corrected chi connectivity index (χ1v) is 6.84. The topological polar surface area (TPSA) is 29.5 Å². The van der Waals surface area contributed by atoms with Crippen molar-refractivity contribution in [3.63, 3.8) is 0 Å². The number of benzene rings is 2. The molecule has 1 saturated heterocycles. The van der Waals surface area contributed by atoms with Crippen LogP contribution in [0.15, 0.2) is 48.5 Å².